The van der Waals surface area contributed by atoms with E-state index in [4.69, 9.17) is 9.68 Å². The molecule has 0 aliphatic rings. The molecule has 0 saturated carbocycles. The summed E-state index contributed by atoms with van der Waals surface area (Å²) in [7, 11) is 0. The summed E-state index contributed by atoms with van der Waals surface area (Å²) in [6, 6.07) is 17.4. The molecule has 0 saturated heterocycles. The zero-order valence-corrected chi connectivity index (χ0v) is 8.45. The lowest BCUT2D eigenvalue weighted by molar-refractivity contribution is -0.215. The van der Waals surface area contributed by atoms with Crippen LogP contribution in [0.2, 0.25) is 0 Å². The molecule has 0 radical (unpaired) electrons. The molecule has 2 aromatic carbocycles. The first-order valence-corrected chi connectivity index (χ1v) is 4.78. The van der Waals surface area contributed by atoms with Crippen molar-refractivity contribution < 1.29 is 9.68 Å². The second kappa shape index (κ2) is 5.16. The lowest BCUT2D eigenvalue weighted by Gasteiger charge is -2.25. The largest absolute Gasteiger partial charge is 0.718 e. The molecule has 0 aliphatic carbocycles. The third-order valence-electron chi connectivity index (χ3n) is 1.85. The van der Waals surface area contributed by atoms with Crippen LogP contribution in [0.1, 0.15) is 0 Å². The number of para-hydroxylation sites is 2. The summed E-state index contributed by atoms with van der Waals surface area (Å²) in [5, 5.41) is 11.3. The number of hydrogen-bond acceptors (Lipinski definition) is 4. The first-order valence-electron chi connectivity index (χ1n) is 4.78. The second-order valence-corrected chi connectivity index (χ2v) is 3.03. The molecular weight excluding hydrogens is 206 g/mol. The molecule has 0 bridgehead atoms. The van der Waals surface area contributed by atoms with Gasteiger partial charge in [-0.05, 0) is 29.7 Å². The Morgan fingerprint density at radius 3 is 1.44 bits per heavy atom. The predicted molar refractivity (Wildman–Crippen MR) is 59.3 cm³/mol. The van der Waals surface area contributed by atoms with Gasteiger partial charge >= 0.3 is 0 Å². The van der Waals surface area contributed by atoms with Crippen molar-refractivity contribution in [3.63, 3.8) is 0 Å². The average molecular weight is 216 g/mol. The molecule has 0 aliphatic heterocycles. The van der Waals surface area contributed by atoms with Gasteiger partial charge in [-0.3, -0.25) is 0 Å². The van der Waals surface area contributed by atoms with E-state index < -0.39 is 0 Å². The molecule has 0 N–H and O–H groups in total. The van der Waals surface area contributed by atoms with Gasteiger partial charge in [0.15, 0.2) is 0 Å². The molecule has 0 aromatic heterocycles. The average Bonchev–Trinajstić information content (AvgIpc) is 2.31. The van der Waals surface area contributed by atoms with Gasteiger partial charge in [0, 0.05) is 0 Å². The molecule has 0 heterocycles. The molecule has 2 rings (SSSR count). The van der Waals surface area contributed by atoms with Crippen LogP contribution in [0.25, 0.3) is 0 Å². The van der Waals surface area contributed by atoms with Crippen LogP contribution in [0.3, 0.4) is 0 Å². The molecule has 16 heavy (non-hydrogen) atoms. The van der Waals surface area contributed by atoms with Crippen molar-refractivity contribution in [2.75, 3.05) is 0 Å². The van der Waals surface area contributed by atoms with Gasteiger partial charge in [-0.25, -0.2) is 0 Å². The van der Waals surface area contributed by atoms with E-state index in [0.717, 1.165) is 0 Å². The van der Waals surface area contributed by atoms with Crippen molar-refractivity contribution in [3.8, 4) is 11.5 Å². The van der Waals surface area contributed by atoms with Gasteiger partial charge in [0.1, 0.15) is 11.5 Å². The predicted octanol–water partition coefficient (Wildman–Crippen LogP) is 2.77. The minimum absolute atomic E-state index is 0.0741. The van der Waals surface area contributed by atoms with E-state index in [2.05, 4.69) is 0 Å². The number of rotatable bonds is 4. The summed E-state index contributed by atoms with van der Waals surface area (Å²) in [6.07, 6.45) is 0. The Hall–Kier alpha value is -2.04. The van der Waals surface area contributed by atoms with Crippen molar-refractivity contribution in [2.24, 2.45) is 0 Å². The van der Waals surface area contributed by atoms with Crippen molar-refractivity contribution in [1.82, 2.24) is 5.39 Å². The van der Waals surface area contributed by atoms with Crippen LogP contribution in [0.15, 0.2) is 60.7 Å². The van der Waals surface area contributed by atoms with E-state index in [1.807, 2.05) is 12.1 Å². The quantitative estimate of drug-likeness (QED) is 0.737. The SMILES string of the molecule is [O-]N(Oc1ccccc1)Oc1ccccc1. The Balaban J connectivity index is 1.92. The topological polar surface area (TPSA) is 44.8 Å². The molecule has 82 valence electrons. The maximum atomic E-state index is 11.3. The molecule has 0 amide bonds. The fourth-order valence-electron chi connectivity index (χ4n) is 1.15. The minimum atomic E-state index is 0.0741. The van der Waals surface area contributed by atoms with Crippen LogP contribution in [0, 0.1) is 5.21 Å². The van der Waals surface area contributed by atoms with Crippen LogP contribution in [0.5, 0.6) is 11.5 Å². The highest BCUT2D eigenvalue weighted by Crippen LogP contribution is 2.13. The standard InChI is InChI=1S/C12H10NO3/c14-13(15-11-7-3-1-4-8-11)16-12-9-5-2-6-10-12/h1-10H/q-1. The molecule has 0 atom stereocenters. The Kier molecular flexibility index (Phi) is 3.38. The molecule has 0 fully saturated rings. The van der Waals surface area contributed by atoms with Crippen molar-refractivity contribution in [2.45, 2.75) is 0 Å². The van der Waals surface area contributed by atoms with E-state index in [1.54, 1.807) is 48.5 Å². The summed E-state index contributed by atoms with van der Waals surface area (Å²) in [4.78, 5) is 9.75. The van der Waals surface area contributed by atoms with Crippen molar-refractivity contribution in [1.29, 1.82) is 0 Å². The summed E-state index contributed by atoms with van der Waals surface area (Å²) in [5.41, 5.74) is 0. The third kappa shape index (κ3) is 2.98. The Bertz CT molecular complexity index is 377. The van der Waals surface area contributed by atoms with Crippen LogP contribution >= 0.6 is 0 Å². The summed E-state index contributed by atoms with van der Waals surface area (Å²) in [6.45, 7) is 0. The molecule has 2 aromatic rings. The number of nitrogens with zero attached hydrogens (tertiary/aromatic N) is 1. The lowest BCUT2D eigenvalue weighted by Crippen LogP contribution is -2.24. The minimum Gasteiger partial charge on any atom is -0.718 e. The van der Waals surface area contributed by atoms with Gasteiger partial charge in [-0.2, -0.15) is 0 Å². The fourth-order valence-corrected chi connectivity index (χ4v) is 1.15. The highest BCUT2D eigenvalue weighted by molar-refractivity contribution is 5.22. The van der Waals surface area contributed by atoms with Crippen LogP contribution in [-0.2, 0) is 0 Å². The Morgan fingerprint density at radius 2 is 1.06 bits per heavy atom. The van der Waals surface area contributed by atoms with Crippen LogP contribution < -0.4 is 9.68 Å². The summed E-state index contributed by atoms with van der Waals surface area (Å²) >= 11 is 0. The van der Waals surface area contributed by atoms with Gasteiger partial charge < -0.3 is 14.9 Å². The maximum Gasteiger partial charge on any atom is 0.150 e. The number of hydrogen-bond donors (Lipinski definition) is 0. The van der Waals surface area contributed by atoms with Crippen molar-refractivity contribution in [3.05, 3.63) is 65.9 Å². The van der Waals surface area contributed by atoms with Gasteiger partial charge in [0.2, 0.25) is 0 Å². The van der Waals surface area contributed by atoms with Gasteiger partial charge in [0.05, 0.1) is 0 Å². The molecule has 4 heteroatoms. The summed E-state index contributed by atoms with van der Waals surface area (Å²) < 4.78 is 0. The first kappa shape index (κ1) is 10.5. The lowest BCUT2D eigenvalue weighted by atomic mass is 10.3. The van der Waals surface area contributed by atoms with E-state index in [0.29, 0.717) is 11.5 Å². The molecule has 0 spiro atoms. The highest BCUT2D eigenvalue weighted by Gasteiger charge is 1.97. The Labute approximate surface area is 93.1 Å². The van der Waals surface area contributed by atoms with Crippen LogP contribution in [-0.4, -0.2) is 5.39 Å². The van der Waals surface area contributed by atoms with Gasteiger partial charge in [0.25, 0.3) is 0 Å². The number of benzene rings is 2. The molecule has 0 unspecified atom stereocenters. The fraction of sp³-hybridized carbons (Fsp3) is 0. The third-order valence-corrected chi connectivity index (χ3v) is 1.85. The van der Waals surface area contributed by atoms with E-state index in [9.17, 15) is 5.21 Å². The van der Waals surface area contributed by atoms with E-state index in [1.165, 1.54) is 0 Å². The zero-order valence-electron chi connectivity index (χ0n) is 8.45. The summed E-state index contributed by atoms with van der Waals surface area (Å²) in [5.74, 6) is 0.849. The smallest absolute Gasteiger partial charge is 0.150 e. The monoisotopic (exact) mass is 216 g/mol. The van der Waals surface area contributed by atoms with E-state index in [-0.39, 0.29) is 5.39 Å². The van der Waals surface area contributed by atoms with Gasteiger partial charge in [-0.15, -0.1) is 0 Å². The van der Waals surface area contributed by atoms with E-state index >= 15 is 0 Å². The normalized spacial score (nSPS) is 10.1. The van der Waals surface area contributed by atoms with Crippen molar-refractivity contribution >= 4 is 0 Å². The molecule has 4 nitrogen and oxygen atoms in total. The second-order valence-electron chi connectivity index (χ2n) is 3.03. The highest BCUT2D eigenvalue weighted by atomic mass is 17.1. The zero-order chi connectivity index (χ0) is 11.2. The maximum absolute atomic E-state index is 11.3. The first-order chi connectivity index (χ1) is 7.84. The van der Waals surface area contributed by atoms with Crippen LogP contribution in [0.4, 0.5) is 0 Å². The Morgan fingerprint density at radius 1 is 0.688 bits per heavy atom. The molecular formula is C12H10NO3-. The van der Waals surface area contributed by atoms with Gasteiger partial charge in [-0.1, -0.05) is 36.4 Å².